The van der Waals surface area contributed by atoms with Crippen molar-refractivity contribution in [1.29, 1.82) is 0 Å². The van der Waals surface area contributed by atoms with Crippen LogP contribution in [0.5, 0.6) is 5.75 Å². The summed E-state index contributed by atoms with van der Waals surface area (Å²) in [5.41, 5.74) is 5.19. The second-order valence-corrected chi connectivity index (χ2v) is 7.36. The maximum absolute atomic E-state index is 11.7. The summed E-state index contributed by atoms with van der Waals surface area (Å²) in [6, 6.07) is 2.62. The summed E-state index contributed by atoms with van der Waals surface area (Å²) < 4.78 is 20.2. The van der Waals surface area contributed by atoms with Crippen LogP contribution in [-0.4, -0.2) is 38.6 Å². The van der Waals surface area contributed by atoms with E-state index < -0.39 is 31.5 Å². The maximum atomic E-state index is 11.7. The van der Waals surface area contributed by atoms with Crippen molar-refractivity contribution in [3.63, 3.8) is 0 Å². The normalized spacial score (nSPS) is 13.0. The molecule has 1 aromatic rings. The third kappa shape index (κ3) is 7.88. The Morgan fingerprint density at radius 2 is 1.92 bits per heavy atom. The number of carboxylic acids is 1. The predicted molar refractivity (Wildman–Crippen MR) is 88.0 cm³/mol. The molecule has 0 aliphatic rings. The summed E-state index contributed by atoms with van der Waals surface area (Å²) in [5, 5.41) is 11.5. The van der Waals surface area contributed by atoms with Gasteiger partial charge in [0.1, 0.15) is 11.6 Å². The fourth-order valence-corrected chi connectivity index (χ4v) is 2.24. The summed E-state index contributed by atoms with van der Waals surface area (Å²) in [7, 11) is -4.76. The molecule has 25 heavy (non-hydrogen) atoms. The lowest BCUT2D eigenvalue weighted by Crippen LogP contribution is -2.44. The summed E-state index contributed by atoms with van der Waals surface area (Å²) in [5.74, 6) is -1.51. The number of amides is 1. The Labute approximate surface area is 144 Å². The molecule has 0 aromatic heterocycles. The molecule has 0 spiro atoms. The molecule has 0 unspecified atom stereocenters. The van der Waals surface area contributed by atoms with Crippen molar-refractivity contribution >= 4 is 25.6 Å². The zero-order chi connectivity index (χ0) is 19.4. The first-order valence-electron chi connectivity index (χ1n) is 7.13. The van der Waals surface area contributed by atoms with Crippen LogP contribution in [0.1, 0.15) is 26.3 Å². The van der Waals surface area contributed by atoms with Crippen LogP contribution < -0.4 is 15.6 Å². The van der Waals surface area contributed by atoms with E-state index in [2.05, 4.69) is 9.84 Å². The third-order valence-electron chi connectivity index (χ3n) is 2.72. The van der Waals surface area contributed by atoms with Gasteiger partial charge >= 0.3 is 19.9 Å². The Balaban J connectivity index is 2.85. The van der Waals surface area contributed by atoms with E-state index in [-0.39, 0.29) is 17.9 Å². The van der Waals surface area contributed by atoms with Gasteiger partial charge in [-0.3, -0.25) is 9.79 Å². The fraction of sp³-hybridized carbons (Fsp3) is 0.429. The minimum atomic E-state index is -4.76. The van der Waals surface area contributed by atoms with Crippen molar-refractivity contribution in [3.8, 4) is 5.75 Å². The highest BCUT2D eigenvalue weighted by atomic mass is 31.2. The van der Waals surface area contributed by atoms with E-state index in [1.807, 2.05) is 0 Å². The van der Waals surface area contributed by atoms with Crippen LogP contribution in [-0.2, 0) is 20.5 Å². The van der Waals surface area contributed by atoms with E-state index in [4.69, 9.17) is 20.3 Å². The molecule has 0 radical (unpaired) electrons. The molecule has 10 nitrogen and oxygen atoms in total. The Hall–Kier alpha value is -2.29. The van der Waals surface area contributed by atoms with Crippen molar-refractivity contribution in [2.45, 2.75) is 38.8 Å². The molecule has 0 saturated carbocycles. The molecule has 0 aliphatic carbocycles. The number of nitrogen functional groups attached to an aromatic ring is 1. The zero-order valence-corrected chi connectivity index (χ0v) is 14.8. The molecule has 0 heterocycles. The minimum Gasteiger partial charge on any atom is -0.480 e. The number of carboxylic acid groups (broad SMARTS) is 1. The van der Waals surface area contributed by atoms with Crippen LogP contribution >= 0.6 is 7.82 Å². The topological polar surface area (TPSA) is 168 Å². The molecule has 11 heteroatoms. The van der Waals surface area contributed by atoms with Crippen LogP contribution in [0.15, 0.2) is 18.2 Å². The summed E-state index contributed by atoms with van der Waals surface area (Å²) in [4.78, 5) is 40.6. The SMILES string of the molecule is CC(C)(C)OC(=O)N[C@@H](Cc1ccc(OP(=O)(O)O)c(N)c1)C(=O)O. The van der Waals surface area contributed by atoms with Crippen LogP contribution in [0.3, 0.4) is 0 Å². The van der Waals surface area contributed by atoms with E-state index in [0.29, 0.717) is 5.56 Å². The average molecular weight is 376 g/mol. The molecule has 1 rings (SSSR count). The van der Waals surface area contributed by atoms with Crippen LogP contribution in [0.2, 0.25) is 0 Å². The molecule has 140 valence electrons. The van der Waals surface area contributed by atoms with Crippen molar-refractivity contribution in [3.05, 3.63) is 23.8 Å². The van der Waals surface area contributed by atoms with Gasteiger partial charge in [0, 0.05) is 6.42 Å². The van der Waals surface area contributed by atoms with Crippen molar-refractivity contribution < 1.29 is 38.3 Å². The van der Waals surface area contributed by atoms with E-state index in [9.17, 15) is 19.3 Å². The number of hydrogen-bond acceptors (Lipinski definition) is 6. The molecule has 1 atom stereocenters. The Morgan fingerprint density at radius 1 is 1.32 bits per heavy atom. The number of nitrogens with two attached hydrogens (primary N) is 1. The van der Waals surface area contributed by atoms with Gasteiger partial charge in [-0.05, 0) is 38.5 Å². The molecule has 0 aliphatic heterocycles. The number of carbonyl (C=O) groups excluding carboxylic acids is 1. The highest BCUT2D eigenvalue weighted by Gasteiger charge is 2.25. The first-order chi connectivity index (χ1) is 11.3. The van der Waals surface area contributed by atoms with Crippen molar-refractivity contribution in [2.75, 3.05) is 5.73 Å². The number of benzene rings is 1. The standard InChI is InChI=1S/C14H21N2O8P/c1-14(2,3)23-13(19)16-10(12(17)18)7-8-4-5-11(9(15)6-8)24-25(20,21)22/h4-6,10H,7,15H2,1-3H3,(H,16,19)(H,17,18)(H2,20,21,22)/t10-/m0/s1. The Kier molecular flexibility index (Phi) is 6.42. The molecule has 1 amide bonds. The van der Waals surface area contributed by atoms with E-state index in [1.54, 1.807) is 20.8 Å². The van der Waals surface area contributed by atoms with Gasteiger partial charge in [0.2, 0.25) is 0 Å². The number of rotatable bonds is 6. The highest BCUT2D eigenvalue weighted by Crippen LogP contribution is 2.40. The van der Waals surface area contributed by atoms with E-state index >= 15 is 0 Å². The van der Waals surface area contributed by atoms with Gasteiger partial charge in [0.15, 0.2) is 5.75 Å². The van der Waals surface area contributed by atoms with E-state index in [0.717, 1.165) is 0 Å². The largest absolute Gasteiger partial charge is 0.524 e. The second-order valence-electron chi connectivity index (χ2n) is 6.20. The lowest BCUT2D eigenvalue weighted by atomic mass is 10.1. The third-order valence-corrected chi connectivity index (χ3v) is 3.15. The minimum absolute atomic E-state index is 0.0813. The second kappa shape index (κ2) is 7.73. The maximum Gasteiger partial charge on any atom is 0.524 e. The lowest BCUT2D eigenvalue weighted by molar-refractivity contribution is -0.139. The molecular formula is C14H21N2O8P. The van der Waals surface area contributed by atoms with Gasteiger partial charge in [-0.2, -0.15) is 0 Å². The number of phosphoric acid groups is 1. The number of phosphoric ester groups is 1. The zero-order valence-electron chi connectivity index (χ0n) is 13.9. The average Bonchev–Trinajstić information content (AvgIpc) is 2.37. The van der Waals surface area contributed by atoms with E-state index in [1.165, 1.54) is 18.2 Å². The Morgan fingerprint density at radius 3 is 2.36 bits per heavy atom. The number of hydrogen-bond donors (Lipinski definition) is 5. The van der Waals surface area contributed by atoms with Gasteiger partial charge in [-0.1, -0.05) is 6.07 Å². The number of aliphatic carboxylic acids is 1. The monoisotopic (exact) mass is 376 g/mol. The molecule has 1 aromatic carbocycles. The summed E-state index contributed by atoms with van der Waals surface area (Å²) in [6.07, 6.45) is -0.996. The molecular weight excluding hydrogens is 355 g/mol. The van der Waals surface area contributed by atoms with Gasteiger partial charge < -0.3 is 25.4 Å². The Bertz CT molecular complexity index is 695. The van der Waals surface area contributed by atoms with Crippen molar-refractivity contribution in [1.82, 2.24) is 5.32 Å². The molecule has 6 N–H and O–H groups in total. The van der Waals surface area contributed by atoms with Crippen LogP contribution in [0, 0.1) is 0 Å². The quantitative estimate of drug-likeness (QED) is 0.362. The van der Waals surface area contributed by atoms with Crippen LogP contribution in [0.25, 0.3) is 0 Å². The van der Waals surface area contributed by atoms with Gasteiger partial charge in [0.05, 0.1) is 5.69 Å². The number of anilines is 1. The lowest BCUT2D eigenvalue weighted by Gasteiger charge is -2.22. The molecule has 0 saturated heterocycles. The first kappa shape index (κ1) is 20.8. The summed E-state index contributed by atoms with van der Waals surface area (Å²) >= 11 is 0. The molecule has 0 fully saturated rings. The smallest absolute Gasteiger partial charge is 0.480 e. The molecule has 0 bridgehead atoms. The van der Waals surface area contributed by atoms with Gasteiger partial charge in [0.25, 0.3) is 0 Å². The fourth-order valence-electron chi connectivity index (χ4n) is 1.82. The summed E-state index contributed by atoms with van der Waals surface area (Å²) in [6.45, 7) is 4.92. The predicted octanol–water partition coefficient (Wildman–Crippen LogP) is 1.26. The number of alkyl carbamates (subject to hydrolysis) is 1. The first-order valence-corrected chi connectivity index (χ1v) is 8.66. The number of nitrogens with one attached hydrogen (secondary N) is 1. The van der Waals surface area contributed by atoms with Crippen LogP contribution in [0.4, 0.5) is 10.5 Å². The van der Waals surface area contributed by atoms with Crippen molar-refractivity contribution in [2.24, 2.45) is 0 Å². The number of carbonyl (C=O) groups is 2. The van der Waals surface area contributed by atoms with Gasteiger partial charge in [-0.15, -0.1) is 0 Å². The number of ether oxygens (including phenoxy) is 1. The van der Waals surface area contributed by atoms with Gasteiger partial charge in [-0.25, -0.2) is 14.2 Å². The highest BCUT2D eigenvalue weighted by molar-refractivity contribution is 7.46.